The summed E-state index contributed by atoms with van der Waals surface area (Å²) in [6.45, 7) is 3.44. The van der Waals surface area contributed by atoms with Crippen molar-refractivity contribution in [1.29, 1.82) is 0 Å². The SMILES string of the molecule is O=C(CN1CCN(C(=O)CCc2cccc(Br)c2)CC1)NC1CC1. The van der Waals surface area contributed by atoms with Crippen LogP contribution in [0.2, 0.25) is 0 Å². The molecule has 1 aromatic rings. The van der Waals surface area contributed by atoms with Gasteiger partial charge in [-0.1, -0.05) is 28.1 Å². The van der Waals surface area contributed by atoms with E-state index in [1.165, 1.54) is 5.56 Å². The van der Waals surface area contributed by atoms with Gasteiger partial charge < -0.3 is 10.2 Å². The van der Waals surface area contributed by atoms with E-state index in [-0.39, 0.29) is 11.8 Å². The van der Waals surface area contributed by atoms with Crippen LogP contribution in [0, 0.1) is 0 Å². The maximum atomic E-state index is 12.4. The summed E-state index contributed by atoms with van der Waals surface area (Å²) >= 11 is 3.46. The first-order valence-electron chi connectivity index (χ1n) is 8.64. The molecule has 1 saturated heterocycles. The third-order valence-corrected chi connectivity index (χ3v) is 5.04. The van der Waals surface area contributed by atoms with Gasteiger partial charge in [0.05, 0.1) is 6.54 Å². The summed E-state index contributed by atoms with van der Waals surface area (Å²) in [5, 5.41) is 3.01. The van der Waals surface area contributed by atoms with Crippen molar-refractivity contribution < 1.29 is 9.59 Å². The Morgan fingerprint density at radius 2 is 1.92 bits per heavy atom. The van der Waals surface area contributed by atoms with E-state index >= 15 is 0 Å². The lowest BCUT2D eigenvalue weighted by Gasteiger charge is -2.34. The van der Waals surface area contributed by atoms with Crippen LogP contribution in [0.5, 0.6) is 0 Å². The number of rotatable bonds is 6. The van der Waals surface area contributed by atoms with Gasteiger partial charge in [-0.25, -0.2) is 0 Å². The van der Waals surface area contributed by atoms with Gasteiger partial charge in [-0.3, -0.25) is 14.5 Å². The molecule has 2 aliphatic rings. The minimum absolute atomic E-state index is 0.118. The van der Waals surface area contributed by atoms with Crippen molar-refractivity contribution in [3.63, 3.8) is 0 Å². The van der Waals surface area contributed by atoms with E-state index in [9.17, 15) is 9.59 Å². The van der Waals surface area contributed by atoms with Crippen molar-refractivity contribution in [3.8, 4) is 0 Å². The first kappa shape index (κ1) is 17.4. The monoisotopic (exact) mass is 393 g/mol. The second-order valence-electron chi connectivity index (χ2n) is 6.63. The number of piperazine rings is 1. The van der Waals surface area contributed by atoms with Crippen LogP contribution in [-0.2, 0) is 16.0 Å². The topological polar surface area (TPSA) is 52.7 Å². The Labute approximate surface area is 151 Å². The smallest absolute Gasteiger partial charge is 0.234 e. The fourth-order valence-electron chi connectivity index (χ4n) is 2.96. The molecule has 0 bridgehead atoms. The van der Waals surface area contributed by atoms with Crippen molar-refractivity contribution in [1.82, 2.24) is 15.1 Å². The first-order valence-corrected chi connectivity index (χ1v) is 9.43. The molecule has 5 nitrogen and oxygen atoms in total. The Morgan fingerprint density at radius 1 is 1.17 bits per heavy atom. The average Bonchev–Trinajstić information content (AvgIpc) is 3.37. The van der Waals surface area contributed by atoms with Crippen molar-refractivity contribution in [2.75, 3.05) is 32.7 Å². The highest BCUT2D eigenvalue weighted by Crippen LogP contribution is 2.18. The number of hydrogen-bond donors (Lipinski definition) is 1. The van der Waals surface area contributed by atoms with Crippen LogP contribution < -0.4 is 5.32 Å². The fraction of sp³-hybridized carbons (Fsp3) is 0.556. The van der Waals surface area contributed by atoms with Crippen LogP contribution >= 0.6 is 15.9 Å². The molecule has 1 saturated carbocycles. The lowest BCUT2D eigenvalue weighted by molar-refractivity contribution is -0.133. The average molecular weight is 394 g/mol. The van der Waals surface area contributed by atoms with Crippen molar-refractivity contribution in [2.24, 2.45) is 0 Å². The van der Waals surface area contributed by atoms with E-state index in [4.69, 9.17) is 0 Å². The standard InChI is InChI=1S/C18H24BrN3O2/c19-15-3-1-2-14(12-15)4-7-18(24)22-10-8-21(9-11-22)13-17(23)20-16-5-6-16/h1-3,12,16H,4-11,13H2,(H,20,23). The molecule has 0 unspecified atom stereocenters. The van der Waals surface area contributed by atoms with Gasteiger partial charge in [0.15, 0.2) is 0 Å². The normalized spacial score (nSPS) is 18.5. The van der Waals surface area contributed by atoms with E-state index in [1.54, 1.807) is 0 Å². The zero-order chi connectivity index (χ0) is 16.9. The second-order valence-corrected chi connectivity index (χ2v) is 7.54. The number of halogens is 1. The number of carbonyl (C=O) groups excluding carboxylic acids is 2. The van der Waals surface area contributed by atoms with Gasteiger partial charge >= 0.3 is 0 Å². The van der Waals surface area contributed by atoms with E-state index in [2.05, 4.69) is 38.3 Å². The summed E-state index contributed by atoms with van der Waals surface area (Å²) in [7, 11) is 0. The number of nitrogens with one attached hydrogen (secondary N) is 1. The number of aryl methyl sites for hydroxylation is 1. The van der Waals surface area contributed by atoms with Crippen molar-refractivity contribution >= 4 is 27.7 Å². The van der Waals surface area contributed by atoms with Crippen LogP contribution in [0.4, 0.5) is 0 Å². The predicted molar refractivity (Wildman–Crippen MR) is 96.6 cm³/mol. The summed E-state index contributed by atoms with van der Waals surface area (Å²) in [6, 6.07) is 8.51. The van der Waals surface area contributed by atoms with Crippen molar-refractivity contribution in [2.45, 2.75) is 31.7 Å². The van der Waals surface area contributed by atoms with E-state index < -0.39 is 0 Å². The van der Waals surface area contributed by atoms with Gasteiger partial charge in [0.1, 0.15) is 0 Å². The quantitative estimate of drug-likeness (QED) is 0.801. The summed E-state index contributed by atoms with van der Waals surface area (Å²) in [6.07, 6.45) is 3.54. The van der Waals surface area contributed by atoms with Gasteiger partial charge in [0.25, 0.3) is 0 Å². The molecule has 2 fully saturated rings. The van der Waals surface area contributed by atoms with Gasteiger partial charge in [-0.05, 0) is 37.0 Å². The maximum Gasteiger partial charge on any atom is 0.234 e. The fourth-order valence-corrected chi connectivity index (χ4v) is 3.41. The van der Waals surface area contributed by atoms with Crippen LogP contribution in [0.1, 0.15) is 24.8 Å². The highest BCUT2D eigenvalue weighted by Gasteiger charge is 2.26. The Morgan fingerprint density at radius 3 is 2.58 bits per heavy atom. The minimum atomic E-state index is 0.118. The maximum absolute atomic E-state index is 12.4. The molecule has 0 spiro atoms. The molecular formula is C18H24BrN3O2. The molecule has 1 aromatic carbocycles. The number of nitrogens with zero attached hydrogens (tertiary/aromatic N) is 2. The molecule has 1 aliphatic heterocycles. The van der Waals surface area contributed by atoms with Crippen LogP contribution in [0.25, 0.3) is 0 Å². The van der Waals surface area contributed by atoms with Gasteiger partial charge in [-0.15, -0.1) is 0 Å². The lowest BCUT2D eigenvalue weighted by atomic mass is 10.1. The van der Waals surface area contributed by atoms with E-state index in [1.807, 2.05) is 17.0 Å². The van der Waals surface area contributed by atoms with Crippen molar-refractivity contribution in [3.05, 3.63) is 34.3 Å². The largest absolute Gasteiger partial charge is 0.352 e. The van der Waals surface area contributed by atoms with Gasteiger partial charge in [0.2, 0.25) is 11.8 Å². The molecule has 130 valence electrons. The van der Waals surface area contributed by atoms with Gasteiger partial charge in [-0.2, -0.15) is 0 Å². The molecule has 0 aromatic heterocycles. The number of benzene rings is 1. The first-order chi connectivity index (χ1) is 11.6. The second kappa shape index (κ2) is 8.12. The molecule has 3 rings (SSSR count). The number of hydrogen-bond acceptors (Lipinski definition) is 3. The van der Waals surface area contributed by atoms with Crippen LogP contribution in [0.15, 0.2) is 28.7 Å². The third kappa shape index (κ3) is 5.31. The summed E-state index contributed by atoms with van der Waals surface area (Å²) in [5.41, 5.74) is 1.17. The number of amides is 2. The molecule has 0 atom stereocenters. The molecule has 1 heterocycles. The van der Waals surface area contributed by atoms with E-state index in [0.29, 0.717) is 32.1 Å². The lowest BCUT2D eigenvalue weighted by Crippen LogP contribution is -2.51. The number of carbonyl (C=O) groups is 2. The highest BCUT2D eigenvalue weighted by molar-refractivity contribution is 9.10. The highest BCUT2D eigenvalue weighted by atomic mass is 79.9. The summed E-state index contributed by atoms with van der Waals surface area (Å²) < 4.78 is 1.05. The Hall–Kier alpha value is -1.40. The van der Waals surface area contributed by atoms with E-state index in [0.717, 1.165) is 36.8 Å². The Bertz CT molecular complexity index is 596. The molecule has 24 heavy (non-hydrogen) atoms. The Balaban J connectivity index is 1.37. The van der Waals surface area contributed by atoms with Crippen LogP contribution in [-0.4, -0.2) is 60.4 Å². The summed E-state index contributed by atoms with van der Waals surface area (Å²) in [5.74, 6) is 0.323. The summed E-state index contributed by atoms with van der Waals surface area (Å²) in [4.78, 5) is 28.2. The Kier molecular flexibility index (Phi) is 5.89. The minimum Gasteiger partial charge on any atom is -0.352 e. The third-order valence-electron chi connectivity index (χ3n) is 4.55. The van der Waals surface area contributed by atoms with Crippen LogP contribution in [0.3, 0.4) is 0 Å². The van der Waals surface area contributed by atoms with Gasteiger partial charge in [0, 0.05) is 43.1 Å². The molecular weight excluding hydrogens is 370 g/mol. The molecule has 1 N–H and O–H groups in total. The zero-order valence-electron chi connectivity index (χ0n) is 13.8. The predicted octanol–water partition coefficient (Wildman–Crippen LogP) is 1.80. The molecule has 6 heteroatoms. The zero-order valence-corrected chi connectivity index (χ0v) is 15.4. The molecule has 1 aliphatic carbocycles. The molecule has 0 radical (unpaired) electrons. The molecule has 2 amide bonds.